The average molecular weight is 376 g/mol. The maximum absolute atomic E-state index is 12.4. The molecule has 1 aromatic rings. The van der Waals surface area contributed by atoms with Crippen molar-refractivity contribution >= 4 is 17.8 Å². The van der Waals surface area contributed by atoms with Gasteiger partial charge in [0.25, 0.3) is 0 Å². The molecule has 1 saturated carbocycles. The Morgan fingerprint density at radius 2 is 1.81 bits per heavy atom. The van der Waals surface area contributed by atoms with Crippen LogP contribution >= 0.6 is 0 Å². The van der Waals surface area contributed by atoms with Gasteiger partial charge in [-0.15, -0.1) is 0 Å². The molecule has 0 aromatic heterocycles. The van der Waals surface area contributed by atoms with Gasteiger partial charge in [-0.3, -0.25) is 14.4 Å². The Bertz CT molecular complexity index is 649. The third kappa shape index (κ3) is 6.36. The largest absolute Gasteiger partial charge is 0.480 e. The van der Waals surface area contributed by atoms with Gasteiger partial charge in [-0.05, 0) is 36.7 Å². The fourth-order valence-electron chi connectivity index (χ4n) is 3.84. The van der Waals surface area contributed by atoms with Gasteiger partial charge in [0, 0.05) is 6.42 Å². The SMILES string of the molecule is NC(=O)CC(C1CCCC(C(=O)OCc2ccccc2)CC1)C(N)C(=O)O. The van der Waals surface area contributed by atoms with Crippen LogP contribution in [0.4, 0.5) is 0 Å². The van der Waals surface area contributed by atoms with E-state index in [0.717, 1.165) is 18.4 Å². The van der Waals surface area contributed by atoms with E-state index < -0.39 is 23.8 Å². The second kappa shape index (κ2) is 10.1. The Hall–Kier alpha value is -2.41. The maximum atomic E-state index is 12.4. The highest BCUT2D eigenvalue weighted by molar-refractivity contribution is 5.78. The monoisotopic (exact) mass is 376 g/mol. The molecule has 7 heteroatoms. The molecule has 1 aromatic carbocycles. The molecule has 27 heavy (non-hydrogen) atoms. The summed E-state index contributed by atoms with van der Waals surface area (Å²) in [6.07, 6.45) is 3.35. The Balaban J connectivity index is 1.93. The molecule has 0 radical (unpaired) electrons. The zero-order valence-electron chi connectivity index (χ0n) is 15.4. The number of rotatable bonds is 8. The molecule has 148 valence electrons. The highest BCUT2D eigenvalue weighted by atomic mass is 16.5. The highest BCUT2D eigenvalue weighted by Crippen LogP contribution is 2.35. The van der Waals surface area contributed by atoms with Crippen molar-refractivity contribution in [3.8, 4) is 0 Å². The maximum Gasteiger partial charge on any atom is 0.320 e. The van der Waals surface area contributed by atoms with Crippen molar-refractivity contribution < 1.29 is 24.2 Å². The summed E-state index contributed by atoms with van der Waals surface area (Å²) in [5.74, 6) is -2.69. The number of carboxylic acid groups (broad SMARTS) is 1. The zero-order valence-corrected chi connectivity index (χ0v) is 15.4. The highest BCUT2D eigenvalue weighted by Gasteiger charge is 2.35. The van der Waals surface area contributed by atoms with Gasteiger partial charge in [0.1, 0.15) is 12.6 Å². The van der Waals surface area contributed by atoms with Gasteiger partial charge in [-0.25, -0.2) is 0 Å². The number of aliphatic carboxylic acids is 1. The minimum atomic E-state index is -1.14. The number of nitrogens with two attached hydrogens (primary N) is 2. The lowest BCUT2D eigenvalue weighted by Crippen LogP contribution is -2.43. The van der Waals surface area contributed by atoms with E-state index >= 15 is 0 Å². The smallest absolute Gasteiger partial charge is 0.320 e. The van der Waals surface area contributed by atoms with E-state index in [1.807, 2.05) is 30.3 Å². The van der Waals surface area contributed by atoms with Crippen molar-refractivity contribution in [2.45, 2.75) is 51.2 Å². The van der Waals surface area contributed by atoms with Crippen LogP contribution in [0.2, 0.25) is 0 Å². The first-order valence-corrected chi connectivity index (χ1v) is 9.35. The first kappa shape index (κ1) is 20.9. The van der Waals surface area contributed by atoms with Gasteiger partial charge in [0.2, 0.25) is 5.91 Å². The summed E-state index contributed by atoms with van der Waals surface area (Å²) in [6.45, 7) is 0.244. The molecule has 0 heterocycles. The molecule has 7 nitrogen and oxygen atoms in total. The summed E-state index contributed by atoms with van der Waals surface area (Å²) in [5.41, 5.74) is 12.0. The number of benzene rings is 1. The number of carbonyl (C=O) groups is 3. The third-order valence-corrected chi connectivity index (χ3v) is 5.36. The van der Waals surface area contributed by atoms with Crippen LogP contribution in [-0.2, 0) is 25.7 Å². The van der Waals surface area contributed by atoms with Crippen LogP contribution < -0.4 is 11.5 Å². The number of primary amides is 1. The van der Waals surface area contributed by atoms with E-state index in [1.165, 1.54) is 0 Å². The summed E-state index contributed by atoms with van der Waals surface area (Å²) in [4.78, 5) is 35.1. The normalized spacial score (nSPS) is 22.3. The lowest BCUT2D eigenvalue weighted by Gasteiger charge is -2.28. The van der Waals surface area contributed by atoms with Crippen molar-refractivity contribution in [3.63, 3.8) is 0 Å². The van der Waals surface area contributed by atoms with Crippen molar-refractivity contribution in [2.75, 3.05) is 0 Å². The molecule has 4 atom stereocenters. The van der Waals surface area contributed by atoms with E-state index in [1.54, 1.807) is 0 Å². The number of carboxylic acids is 1. The number of hydrogen-bond donors (Lipinski definition) is 3. The molecule has 0 bridgehead atoms. The van der Waals surface area contributed by atoms with E-state index in [-0.39, 0.29) is 30.8 Å². The summed E-state index contributed by atoms with van der Waals surface area (Å²) < 4.78 is 5.44. The molecule has 1 amide bonds. The van der Waals surface area contributed by atoms with Crippen LogP contribution in [0.15, 0.2) is 30.3 Å². The molecule has 5 N–H and O–H groups in total. The standard InChI is InChI=1S/C20H28N2O5/c21-17(23)11-16(18(22)19(24)25)14-7-4-8-15(10-9-14)20(26)27-12-13-5-2-1-3-6-13/h1-3,5-6,14-16,18H,4,7-12,22H2,(H2,21,23)(H,24,25). The van der Waals surface area contributed by atoms with Crippen LogP contribution in [0.3, 0.4) is 0 Å². The lowest BCUT2D eigenvalue weighted by molar-refractivity contribution is -0.150. The molecule has 4 unspecified atom stereocenters. The minimum absolute atomic E-state index is 0.0458. The quantitative estimate of drug-likeness (QED) is 0.468. The Morgan fingerprint density at radius 1 is 1.11 bits per heavy atom. The lowest BCUT2D eigenvalue weighted by atomic mass is 9.79. The van der Waals surface area contributed by atoms with Gasteiger partial charge in [-0.2, -0.15) is 0 Å². The Morgan fingerprint density at radius 3 is 2.44 bits per heavy atom. The van der Waals surface area contributed by atoms with Gasteiger partial charge in [0.15, 0.2) is 0 Å². The number of hydrogen-bond acceptors (Lipinski definition) is 5. The molecular formula is C20H28N2O5. The number of amides is 1. The van der Waals surface area contributed by atoms with E-state index in [9.17, 15) is 19.5 Å². The van der Waals surface area contributed by atoms with Gasteiger partial charge < -0.3 is 21.3 Å². The summed E-state index contributed by atoms with van der Waals surface area (Å²) >= 11 is 0. The van der Waals surface area contributed by atoms with Gasteiger partial charge in [-0.1, -0.05) is 43.2 Å². The van der Waals surface area contributed by atoms with Crippen molar-refractivity contribution in [3.05, 3.63) is 35.9 Å². The van der Waals surface area contributed by atoms with Gasteiger partial charge in [0.05, 0.1) is 5.92 Å². The molecule has 0 saturated heterocycles. The Labute approximate surface area is 159 Å². The van der Waals surface area contributed by atoms with Crippen molar-refractivity contribution in [1.29, 1.82) is 0 Å². The van der Waals surface area contributed by atoms with E-state index in [4.69, 9.17) is 16.2 Å². The number of carbonyl (C=O) groups excluding carboxylic acids is 2. The summed E-state index contributed by atoms with van der Waals surface area (Å²) in [7, 11) is 0. The average Bonchev–Trinajstić information content (AvgIpc) is 2.90. The van der Waals surface area contributed by atoms with Crippen LogP contribution in [0.1, 0.15) is 44.1 Å². The summed E-state index contributed by atoms with van der Waals surface area (Å²) in [6, 6.07) is 8.36. The predicted molar refractivity (Wildman–Crippen MR) is 99.2 cm³/mol. The first-order chi connectivity index (χ1) is 12.9. The molecule has 1 aliphatic rings. The predicted octanol–water partition coefficient (Wildman–Crippen LogP) is 1.83. The third-order valence-electron chi connectivity index (χ3n) is 5.36. The van der Waals surface area contributed by atoms with Crippen LogP contribution in [0, 0.1) is 17.8 Å². The second-order valence-corrected chi connectivity index (χ2v) is 7.26. The second-order valence-electron chi connectivity index (χ2n) is 7.26. The zero-order chi connectivity index (χ0) is 19.8. The minimum Gasteiger partial charge on any atom is -0.480 e. The molecule has 0 aliphatic heterocycles. The molecule has 0 spiro atoms. The first-order valence-electron chi connectivity index (χ1n) is 9.35. The molecular weight excluding hydrogens is 348 g/mol. The van der Waals surface area contributed by atoms with Gasteiger partial charge >= 0.3 is 11.9 Å². The van der Waals surface area contributed by atoms with Crippen LogP contribution in [-0.4, -0.2) is 29.0 Å². The Kier molecular flexibility index (Phi) is 7.79. The van der Waals surface area contributed by atoms with Crippen LogP contribution in [0.25, 0.3) is 0 Å². The molecule has 1 aliphatic carbocycles. The summed E-state index contributed by atoms with van der Waals surface area (Å²) in [5, 5.41) is 9.23. The molecule has 2 rings (SSSR count). The topological polar surface area (TPSA) is 133 Å². The van der Waals surface area contributed by atoms with Crippen molar-refractivity contribution in [2.24, 2.45) is 29.2 Å². The van der Waals surface area contributed by atoms with E-state index in [2.05, 4.69) is 0 Å². The number of esters is 1. The fourth-order valence-corrected chi connectivity index (χ4v) is 3.84. The number of ether oxygens (including phenoxy) is 1. The fraction of sp³-hybridized carbons (Fsp3) is 0.550. The molecule has 1 fully saturated rings. The van der Waals surface area contributed by atoms with Crippen LogP contribution in [0.5, 0.6) is 0 Å². The van der Waals surface area contributed by atoms with E-state index in [0.29, 0.717) is 19.3 Å². The van der Waals surface area contributed by atoms with Crippen molar-refractivity contribution in [1.82, 2.24) is 0 Å².